The third kappa shape index (κ3) is 2.04. The van der Waals surface area contributed by atoms with E-state index in [0.29, 0.717) is 0 Å². The van der Waals surface area contributed by atoms with E-state index in [1.807, 2.05) is 12.1 Å². The molecule has 1 N–H and O–H groups in total. The van der Waals surface area contributed by atoms with Crippen LogP contribution in [0.15, 0.2) is 42.7 Å². The standard InChI is InChI=1S/C12H8ClNO2/c13-11-7-9(1-2-10(11)12(15)16)8-3-5-14-6-4-8/h1-7H,(H,15,16). The monoisotopic (exact) mass is 233 g/mol. The fraction of sp³-hybridized carbons (Fsp3) is 0. The summed E-state index contributed by atoms with van der Waals surface area (Å²) in [4.78, 5) is 14.7. The van der Waals surface area contributed by atoms with E-state index < -0.39 is 5.97 Å². The lowest BCUT2D eigenvalue weighted by atomic mass is 10.1. The summed E-state index contributed by atoms with van der Waals surface area (Å²) in [6.07, 6.45) is 3.35. The van der Waals surface area contributed by atoms with Crippen LogP contribution < -0.4 is 0 Å². The highest BCUT2D eigenvalue weighted by Crippen LogP contribution is 2.25. The van der Waals surface area contributed by atoms with Gasteiger partial charge in [0.2, 0.25) is 0 Å². The van der Waals surface area contributed by atoms with E-state index >= 15 is 0 Å². The molecule has 0 aliphatic heterocycles. The summed E-state index contributed by atoms with van der Waals surface area (Å²) in [5.41, 5.74) is 1.94. The molecule has 1 aromatic carbocycles. The molecule has 0 unspecified atom stereocenters. The van der Waals surface area contributed by atoms with Crippen molar-refractivity contribution >= 4 is 17.6 Å². The molecule has 0 aliphatic carbocycles. The highest BCUT2D eigenvalue weighted by atomic mass is 35.5. The van der Waals surface area contributed by atoms with E-state index in [9.17, 15) is 4.79 Å². The minimum Gasteiger partial charge on any atom is -0.478 e. The molecule has 0 saturated heterocycles. The summed E-state index contributed by atoms with van der Waals surface area (Å²) < 4.78 is 0. The number of carboxylic acid groups (broad SMARTS) is 1. The first-order valence-corrected chi connectivity index (χ1v) is 4.99. The van der Waals surface area contributed by atoms with Gasteiger partial charge in [-0.05, 0) is 35.4 Å². The number of carboxylic acids is 1. The average Bonchev–Trinajstić information content (AvgIpc) is 2.29. The fourth-order valence-corrected chi connectivity index (χ4v) is 1.67. The highest BCUT2D eigenvalue weighted by Gasteiger charge is 2.09. The Labute approximate surface area is 97.3 Å². The third-order valence-corrected chi connectivity index (χ3v) is 2.53. The predicted octanol–water partition coefficient (Wildman–Crippen LogP) is 3.10. The number of halogens is 1. The summed E-state index contributed by atoms with van der Waals surface area (Å²) in [7, 11) is 0. The summed E-state index contributed by atoms with van der Waals surface area (Å²) in [6.45, 7) is 0. The van der Waals surface area contributed by atoms with Crippen molar-refractivity contribution in [3.63, 3.8) is 0 Å². The van der Waals surface area contributed by atoms with Crippen molar-refractivity contribution in [1.29, 1.82) is 0 Å². The summed E-state index contributed by atoms with van der Waals surface area (Å²) in [5.74, 6) is -1.02. The van der Waals surface area contributed by atoms with Crippen molar-refractivity contribution in [2.75, 3.05) is 0 Å². The summed E-state index contributed by atoms with van der Waals surface area (Å²) in [6, 6.07) is 8.55. The number of benzene rings is 1. The topological polar surface area (TPSA) is 50.2 Å². The van der Waals surface area contributed by atoms with Gasteiger partial charge in [-0.1, -0.05) is 17.7 Å². The largest absolute Gasteiger partial charge is 0.478 e. The van der Waals surface area contributed by atoms with Gasteiger partial charge in [0.25, 0.3) is 0 Å². The molecule has 2 rings (SSSR count). The van der Waals surface area contributed by atoms with Gasteiger partial charge >= 0.3 is 5.97 Å². The van der Waals surface area contributed by atoms with Crippen LogP contribution in [0.25, 0.3) is 11.1 Å². The van der Waals surface area contributed by atoms with E-state index in [-0.39, 0.29) is 10.6 Å². The van der Waals surface area contributed by atoms with Crippen LogP contribution >= 0.6 is 11.6 Å². The molecule has 4 heteroatoms. The lowest BCUT2D eigenvalue weighted by molar-refractivity contribution is 0.0697. The van der Waals surface area contributed by atoms with Crippen LogP contribution in [-0.2, 0) is 0 Å². The quantitative estimate of drug-likeness (QED) is 0.867. The van der Waals surface area contributed by atoms with Crippen molar-refractivity contribution in [2.24, 2.45) is 0 Å². The number of nitrogens with zero attached hydrogens (tertiary/aromatic N) is 1. The molecule has 2 aromatic rings. The lowest BCUT2D eigenvalue weighted by Gasteiger charge is -2.03. The van der Waals surface area contributed by atoms with Crippen molar-refractivity contribution in [2.45, 2.75) is 0 Å². The maximum atomic E-state index is 10.8. The van der Waals surface area contributed by atoms with Gasteiger partial charge in [0.1, 0.15) is 0 Å². The van der Waals surface area contributed by atoms with Crippen LogP contribution in [0, 0.1) is 0 Å². The molecule has 0 fully saturated rings. The van der Waals surface area contributed by atoms with Gasteiger partial charge in [0, 0.05) is 12.4 Å². The second-order valence-corrected chi connectivity index (χ2v) is 3.64. The van der Waals surface area contributed by atoms with Gasteiger partial charge in [-0.25, -0.2) is 4.79 Å². The number of carbonyl (C=O) groups is 1. The Hall–Kier alpha value is -1.87. The Morgan fingerprint density at radius 1 is 1.12 bits per heavy atom. The zero-order chi connectivity index (χ0) is 11.5. The first kappa shape index (κ1) is 10.6. The fourth-order valence-electron chi connectivity index (χ4n) is 1.41. The molecule has 80 valence electrons. The van der Waals surface area contributed by atoms with Crippen LogP contribution in [0.5, 0.6) is 0 Å². The van der Waals surface area contributed by atoms with Crippen molar-refractivity contribution in [3.05, 3.63) is 53.3 Å². The van der Waals surface area contributed by atoms with E-state index in [4.69, 9.17) is 16.7 Å². The van der Waals surface area contributed by atoms with Crippen molar-refractivity contribution < 1.29 is 9.90 Å². The second-order valence-electron chi connectivity index (χ2n) is 3.24. The number of rotatable bonds is 2. The molecule has 0 amide bonds. The van der Waals surface area contributed by atoms with Crippen molar-refractivity contribution in [1.82, 2.24) is 4.98 Å². The lowest BCUT2D eigenvalue weighted by Crippen LogP contribution is -1.97. The smallest absolute Gasteiger partial charge is 0.337 e. The molecule has 1 heterocycles. The molecule has 0 radical (unpaired) electrons. The predicted molar refractivity (Wildman–Crippen MR) is 61.6 cm³/mol. The van der Waals surface area contributed by atoms with Crippen LogP contribution in [0.3, 0.4) is 0 Å². The van der Waals surface area contributed by atoms with Gasteiger partial charge in [-0.3, -0.25) is 4.98 Å². The van der Waals surface area contributed by atoms with E-state index in [2.05, 4.69) is 4.98 Å². The number of aromatic nitrogens is 1. The maximum absolute atomic E-state index is 10.8. The normalized spacial score (nSPS) is 10.1. The first-order chi connectivity index (χ1) is 7.68. The Balaban J connectivity index is 2.46. The second kappa shape index (κ2) is 4.33. The number of aromatic carboxylic acids is 1. The van der Waals surface area contributed by atoms with E-state index in [1.54, 1.807) is 24.5 Å². The Morgan fingerprint density at radius 3 is 2.38 bits per heavy atom. The SMILES string of the molecule is O=C(O)c1ccc(-c2ccncc2)cc1Cl. The molecular weight excluding hydrogens is 226 g/mol. The van der Waals surface area contributed by atoms with E-state index in [0.717, 1.165) is 11.1 Å². The van der Waals surface area contributed by atoms with Crippen LogP contribution in [0.2, 0.25) is 5.02 Å². The minimum atomic E-state index is -1.02. The maximum Gasteiger partial charge on any atom is 0.337 e. The molecule has 0 aliphatic rings. The summed E-state index contributed by atoms with van der Waals surface area (Å²) in [5, 5.41) is 9.07. The molecule has 1 aromatic heterocycles. The van der Waals surface area contributed by atoms with Gasteiger partial charge in [0.15, 0.2) is 0 Å². The number of pyridine rings is 1. The molecule has 0 saturated carbocycles. The Kier molecular flexibility index (Phi) is 2.88. The van der Waals surface area contributed by atoms with Gasteiger partial charge in [-0.15, -0.1) is 0 Å². The molecular formula is C12H8ClNO2. The zero-order valence-electron chi connectivity index (χ0n) is 8.22. The molecule has 0 atom stereocenters. The molecule has 0 bridgehead atoms. The van der Waals surface area contributed by atoms with Gasteiger partial charge in [-0.2, -0.15) is 0 Å². The number of hydrogen-bond acceptors (Lipinski definition) is 2. The van der Waals surface area contributed by atoms with Crippen LogP contribution in [0.4, 0.5) is 0 Å². The zero-order valence-corrected chi connectivity index (χ0v) is 8.98. The van der Waals surface area contributed by atoms with Crippen LogP contribution in [0.1, 0.15) is 10.4 Å². The molecule has 3 nitrogen and oxygen atoms in total. The summed E-state index contributed by atoms with van der Waals surface area (Å²) >= 11 is 5.88. The average molecular weight is 234 g/mol. The first-order valence-electron chi connectivity index (χ1n) is 4.62. The van der Waals surface area contributed by atoms with Gasteiger partial charge in [0.05, 0.1) is 10.6 Å². The Bertz CT molecular complexity index is 526. The molecule has 16 heavy (non-hydrogen) atoms. The van der Waals surface area contributed by atoms with E-state index in [1.165, 1.54) is 6.07 Å². The van der Waals surface area contributed by atoms with Crippen LogP contribution in [-0.4, -0.2) is 16.1 Å². The third-order valence-electron chi connectivity index (χ3n) is 2.21. The Morgan fingerprint density at radius 2 is 1.81 bits per heavy atom. The molecule has 0 spiro atoms. The van der Waals surface area contributed by atoms with Gasteiger partial charge < -0.3 is 5.11 Å². The minimum absolute atomic E-state index is 0.111. The van der Waals surface area contributed by atoms with Crippen molar-refractivity contribution in [3.8, 4) is 11.1 Å². The highest BCUT2D eigenvalue weighted by molar-refractivity contribution is 6.33. The number of hydrogen-bond donors (Lipinski definition) is 1.